The fraction of sp³-hybridized carbons (Fsp3) is 0. The Bertz CT molecular complexity index is 2800. The summed E-state index contributed by atoms with van der Waals surface area (Å²) in [5, 5.41) is 6.59. The number of furan rings is 1. The Morgan fingerprint density at radius 2 is 1.00 bits per heavy atom. The van der Waals surface area contributed by atoms with E-state index in [4.69, 9.17) is 24.4 Å². The van der Waals surface area contributed by atoms with Crippen molar-refractivity contribution in [2.24, 2.45) is 0 Å². The SMILES string of the molecule is c1ccc(-c2nc(-c3ccc4c(n3)oc3ccccc34)nc(-c3ccc(-n4c5ccccc5c5ccccc54)c4ccccc34)n2)cc1. The van der Waals surface area contributed by atoms with Gasteiger partial charge in [0.1, 0.15) is 11.3 Å². The highest BCUT2D eigenvalue weighted by atomic mass is 16.3. The molecule has 0 aliphatic rings. The van der Waals surface area contributed by atoms with E-state index in [1.807, 2.05) is 66.7 Å². The molecule has 0 atom stereocenters. The summed E-state index contributed by atoms with van der Waals surface area (Å²) in [6, 6.07) is 51.9. The smallest absolute Gasteiger partial charge is 0.227 e. The number of aromatic nitrogens is 5. The minimum absolute atomic E-state index is 0.483. The van der Waals surface area contributed by atoms with Gasteiger partial charge in [-0.25, -0.2) is 19.9 Å². The topological polar surface area (TPSA) is 69.6 Å². The van der Waals surface area contributed by atoms with Crippen molar-refractivity contribution in [3.8, 4) is 40.0 Å². The quantitative estimate of drug-likeness (QED) is 0.197. The van der Waals surface area contributed by atoms with Crippen LogP contribution in [-0.2, 0) is 0 Å². The van der Waals surface area contributed by atoms with Crippen LogP contribution in [0.15, 0.2) is 156 Å². The molecule has 6 heteroatoms. The summed E-state index contributed by atoms with van der Waals surface area (Å²) in [5.41, 5.74) is 7.22. The highest BCUT2D eigenvalue weighted by Crippen LogP contribution is 2.38. The maximum atomic E-state index is 6.13. The van der Waals surface area contributed by atoms with Crippen molar-refractivity contribution < 1.29 is 4.42 Å². The average Bonchev–Trinajstić information content (AvgIpc) is 3.70. The summed E-state index contributed by atoms with van der Waals surface area (Å²) in [6.07, 6.45) is 0. The van der Waals surface area contributed by atoms with E-state index in [2.05, 4.69) is 89.5 Å². The third-order valence-corrected chi connectivity index (χ3v) is 9.10. The Balaban J connectivity index is 1.20. The van der Waals surface area contributed by atoms with E-state index in [-0.39, 0.29) is 0 Å². The molecule has 6 aromatic carbocycles. The molecule has 10 rings (SSSR count). The molecule has 0 radical (unpaired) electrons. The first-order valence-corrected chi connectivity index (χ1v) is 15.9. The van der Waals surface area contributed by atoms with Crippen molar-refractivity contribution in [3.63, 3.8) is 0 Å². The molecule has 0 unspecified atom stereocenters. The van der Waals surface area contributed by atoms with Gasteiger partial charge in [0.15, 0.2) is 17.5 Å². The summed E-state index contributed by atoms with van der Waals surface area (Å²) in [7, 11) is 0. The van der Waals surface area contributed by atoms with E-state index >= 15 is 0 Å². The van der Waals surface area contributed by atoms with Gasteiger partial charge < -0.3 is 8.98 Å². The number of benzene rings is 6. The van der Waals surface area contributed by atoms with Gasteiger partial charge >= 0.3 is 0 Å². The van der Waals surface area contributed by atoms with Gasteiger partial charge in [-0.3, -0.25) is 0 Å². The van der Waals surface area contributed by atoms with E-state index in [0.29, 0.717) is 28.9 Å². The van der Waals surface area contributed by atoms with Gasteiger partial charge in [-0.15, -0.1) is 0 Å². The van der Waals surface area contributed by atoms with Crippen molar-refractivity contribution in [2.45, 2.75) is 0 Å². The van der Waals surface area contributed by atoms with Crippen LogP contribution < -0.4 is 0 Å². The predicted molar refractivity (Wildman–Crippen MR) is 193 cm³/mol. The van der Waals surface area contributed by atoms with Crippen LogP contribution in [0.2, 0.25) is 0 Å². The lowest BCUT2D eigenvalue weighted by Gasteiger charge is -2.15. The Hall–Kier alpha value is -6.66. The molecule has 4 aromatic heterocycles. The summed E-state index contributed by atoms with van der Waals surface area (Å²) in [5.74, 6) is 1.64. The van der Waals surface area contributed by atoms with Gasteiger partial charge in [0.2, 0.25) is 5.71 Å². The Labute approximate surface area is 274 Å². The second-order valence-electron chi connectivity index (χ2n) is 11.9. The summed E-state index contributed by atoms with van der Waals surface area (Å²) in [6.45, 7) is 0. The van der Waals surface area contributed by atoms with Crippen LogP contribution in [0.3, 0.4) is 0 Å². The third-order valence-electron chi connectivity index (χ3n) is 9.10. The molecule has 0 saturated heterocycles. The van der Waals surface area contributed by atoms with Crippen LogP contribution >= 0.6 is 0 Å². The Morgan fingerprint density at radius 1 is 0.396 bits per heavy atom. The van der Waals surface area contributed by atoms with Gasteiger partial charge in [0.25, 0.3) is 0 Å². The lowest BCUT2D eigenvalue weighted by molar-refractivity contribution is 0.654. The van der Waals surface area contributed by atoms with Crippen molar-refractivity contribution in [2.75, 3.05) is 0 Å². The number of pyridine rings is 1. The van der Waals surface area contributed by atoms with Gasteiger partial charge in [-0.2, -0.15) is 0 Å². The number of fused-ring (bicyclic) bond motifs is 7. The van der Waals surface area contributed by atoms with Crippen molar-refractivity contribution in [1.29, 1.82) is 0 Å². The zero-order valence-electron chi connectivity index (χ0n) is 25.6. The lowest BCUT2D eigenvalue weighted by Crippen LogP contribution is -2.02. The number of nitrogens with zero attached hydrogens (tertiary/aromatic N) is 5. The number of rotatable bonds is 4. The maximum absolute atomic E-state index is 6.13. The summed E-state index contributed by atoms with van der Waals surface area (Å²) >= 11 is 0. The largest absolute Gasteiger partial charge is 0.438 e. The van der Waals surface area contributed by atoms with E-state index in [1.54, 1.807) is 0 Å². The minimum Gasteiger partial charge on any atom is -0.438 e. The van der Waals surface area contributed by atoms with E-state index in [9.17, 15) is 0 Å². The summed E-state index contributed by atoms with van der Waals surface area (Å²) in [4.78, 5) is 20.0. The van der Waals surface area contributed by atoms with Crippen molar-refractivity contribution in [3.05, 3.63) is 152 Å². The fourth-order valence-corrected chi connectivity index (χ4v) is 6.91. The Morgan fingerprint density at radius 3 is 1.77 bits per heavy atom. The van der Waals surface area contributed by atoms with Crippen LogP contribution in [0.1, 0.15) is 0 Å². The van der Waals surface area contributed by atoms with Gasteiger partial charge in [-0.05, 0) is 47.9 Å². The van der Waals surface area contributed by atoms with Crippen LogP contribution in [0, 0.1) is 0 Å². The first kappa shape index (κ1) is 26.5. The summed E-state index contributed by atoms with van der Waals surface area (Å²) < 4.78 is 8.49. The van der Waals surface area contributed by atoms with Crippen LogP contribution in [0.5, 0.6) is 0 Å². The molecule has 224 valence electrons. The van der Waals surface area contributed by atoms with Gasteiger partial charge in [-0.1, -0.05) is 109 Å². The van der Waals surface area contributed by atoms with Crippen molar-refractivity contribution >= 4 is 54.6 Å². The van der Waals surface area contributed by atoms with E-state index in [1.165, 1.54) is 10.8 Å². The van der Waals surface area contributed by atoms with Crippen LogP contribution in [0.4, 0.5) is 0 Å². The molecular weight excluding hydrogens is 590 g/mol. The molecule has 0 aliphatic carbocycles. The molecule has 0 fully saturated rings. The molecule has 0 amide bonds. The fourth-order valence-electron chi connectivity index (χ4n) is 6.91. The highest BCUT2D eigenvalue weighted by Gasteiger charge is 2.19. The molecule has 0 saturated carbocycles. The molecule has 0 aliphatic heterocycles. The van der Waals surface area contributed by atoms with Crippen LogP contribution in [0.25, 0.3) is 94.6 Å². The average molecular weight is 616 g/mol. The monoisotopic (exact) mass is 615 g/mol. The number of hydrogen-bond acceptors (Lipinski definition) is 5. The standard InChI is InChI=1S/C42H25N5O/c1-2-12-26(13-3-1)39-44-40(46-41(45-39)34-24-22-33-31-18-8-11-21-38(31)48-42(33)43-34)32-23-25-37(28-15-5-4-14-27(28)32)47-35-19-9-6-16-29(35)30-17-7-10-20-36(30)47/h1-25H. The number of hydrogen-bond donors (Lipinski definition) is 0. The molecule has 6 nitrogen and oxygen atoms in total. The highest BCUT2D eigenvalue weighted by molar-refractivity contribution is 6.11. The molecule has 0 bridgehead atoms. The molecule has 0 spiro atoms. The lowest BCUT2D eigenvalue weighted by atomic mass is 10.0. The second-order valence-corrected chi connectivity index (χ2v) is 11.9. The van der Waals surface area contributed by atoms with Gasteiger partial charge in [0, 0.05) is 38.1 Å². The zero-order chi connectivity index (χ0) is 31.6. The maximum Gasteiger partial charge on any atom is 0.227 e. The second kappa shape index (κ2) is 10.4. The Kier molecular flexibility index (Phi) is 5.77. The molecular formula is C42H25N5O. The molecule has 48 heavy (non-hydrogen) atoms. The molecule has 0 N–H and O–H groups in total. The molecule has 4 heterocycles. The predicted octanol–water partition coefficient (Wildman–Crippen LogP) is 10.4. The number of para-hydroxylation sites is 3. The third kappa shape index (κ3) is 4.06. The first-order chi connectivity index (χ1) is 23.8. The first-order valence-electron chi connectivity index (χ1n) is 15.9. The van der Waals surface area contributed by atoms with Crippen molar-refractivity contribution in [1.82, 2.24) is 24.5 Å². The van der Waals surface area contributed by atoms with Gasteiger partial charge in [0.05, 0.1) is 16.7 Å². The van der Waals surface area contributed by atoms with Crippen LogP contribution in [-0.4, -0.2) is 24.5 Å². The normalized spacial score (nSPS) is 11.8. The zero-order valence-corrected chi connectivity index (χ0v) is 25.6. The van der Waals surface area contributed by atoms with E-state index in [0.717, 1.165) is 55.0 Å². The minimum atomic E-state index is 0.483. The molecule has 10 aromatic rings. The van der Waals surface area contributed by atoms with E-state index < -0.39 is 0 Å².